The lowest BCUT2D eigenvalue weighted by atomic mass is 10.0. The molecule has 1 aromatic carbocycles. The zero-order valence-electron chi connectivity index (χ0n) is 11.8. The van der Waals surface area contributed by atoms with E-state index in [1.165, 1.54) is 7.11 Å². The van der Waals surface area contributed by atoms with Gasteiger partial charge in [-0.25, -0.2) is 0 Å². The second kappa shape index (κ2) is 7.11. The van der Waals surface area contributed by atoms with Gasteiger partial charge in [-0.2, -0.15) is 0 Å². The van der Waals surface area contributed by atoms with Crippen LogP contribution in [0.15, 0.2) is 18.2 Å². The van der Waals surface area contributed by atoms with Crippen LogP contribution in [0.2, 0.25) is 0 Å². The number of benzene rings is 1. The van der Waals surface area contributed by atoms with Gasteiger partial charge in [0.1, 0.15) is 0 Å². The number of nitrogens with one attached hydrogen (secondary N) is 1. The Morgan fingerprint density at radius 1 is 1.26 bits per heavy atom. The fraction of sp³-hybridized carbons (Fsp3) is 0.500. The van der Waals surface area contributed by atoms with Gasteiger partial charge in [0.25, 0.3) is 0 Å². The number of carbonyl (C=O) groups excluding carboxylic acids is 1. The molecule has 106 valence electrons. The molecular weight excluding hydrogens is 246 g/mol. The van der Waals surface area contributed by atoms with Gasteiger partial charge in [0.05, 0.1) is 26.4 Å². The summed E-state index contributed by atoms with van der Waals surface area (Å²) in [6.07, 6.45) is -0.486. The summed E-state index contributed by atoms with van der Waals surface area (Å²) < 4.78 is 10.3. The van der Waals surface area contributed by atoms with E-state index in [1.54, 1.807) is 39.2 Å². The van der Waals surface area contributed by atoms with Crippen LogP contribution >= 0.6 is 0 Å². The Labute approximate surface area is 113 Å². The monoisotopic (exact) mass is 267 g/mol. The number of aliphatic hydroxyl groups is 1. The summed E-state index contributed by atoms with van der Waals surface area (Å²) in [5.74, 6) is 1.06. The van der Waals surface area contributed by atoms with E-state index in [4.69, 9.17) is 9.47 Å². The Morgan fingerprint density at radius 3 is 2.42 bits per heavy atom. The quantitative estimate of drug-likeness (QED) is 0.728. The highest BCUT2D eigenvalue weighted by atomic mass is 16.5. The zero-order chi connectivity index (χ0) is 14.4. The highest BCUT2D eigenvalue weighted by molar-refractivity contribution is 6.00. The van der Waals surface area contributed by atoms with Gasteiger partial charge >= 0.3 is 0 Å². The Hall–Kier alpha value is -1.59. The number of aliphatic hydroxyl groups excluding tert-OH is 1. The molecule has 2 unspecified atom stereocenters. The number of methoxy groups -OCH3 is 2. The van der Waals surface area contributed by atoms with E-state index >= 15 is 0 Å². The number of hydrogen-bond donors (Lipinski definition) is 2. The molecular formula is C14H21NO4. The first-order valence-electron chi connectivity index (χ1n) is 6.17. The van der Waals surface area contributed by atoms with Crippen molar-refractivity contribution in [2.75, 3.05) is 20.8 Å². The van der Waals surface area contributed by atoms with Gasteiger partial charge in [0.15, 0.2) is 17.3 Å². The lowest BCUT2D eigenvalue weighted by Gasteiger charge is -2.15. The molecule has 0 fully saturated rings. The van der Waals surface area contributed by atoms with Crippen molar-refractivity contribution in [3.63, 3.8) is 0 Å². The summed E-state index contributed by atoms with van der Waals surface area (Å²) in [4.78, 5) is 12.2. The maximum absolute atomic E-state index is 12.2. The first kappa shape index (κ1) is 15.5. The molecule has 0 amide bonds. The number of ketones is 1. The van der Waals surface area contributed by atoms with Crippen molar-refractivity contribution >= 4 is 5.78 Å². The van der Waals surface area contributed by atoms with Crippen LogP contribution < -0.4 is 14.8 Å². The Kier molecular flexibility index (Phi) is 5.79. The van der Waals surface area contributed by atoms with E-state index in [1.807, 2.05) is 0 Å². The molecule has 0 aliphatic carbocycles. The van der Waals surface area contributed by atoms with Crippen LogP contribution in [0.25, 0.3) is 0 Å². The minimum absolute atomic E-state index is 0.0541. The lowest BCUT2D eigenvalue weighted by Crippen LogP contribution is -2.38. The highest BCUT2D eigenvalue weighted by Crippen LogP contribution is 2.27. The van der Waals surface area contributed by atoms with Crippen molar-refractivity contribution in [1.82, 2.24) is 5.32 Å². The van der Waals surface area contributed by atoms with Crippen molar-refractivity contribution in [2.45, 2.75) is 26.0 Å². The van der Waals surface area contributed by atoms with Gasteiger partial charge in [-0.1, -0.05) is 0 Å². The zero-order valence-corrected chi connectivity index (χ0v) is 11.8. The molecule has 0 aromatic heterocycles. The first-order chi connectivity index (χ1) is 8.99. The molecule has 0 radical (unpaired) electrons. The largest absolute Gasteiger partial charge is 0.493 e. The van der Waals surface area contributed by atoms with Crippen LogP contribution in [0.3, 0.4) is 0 Å². The second-order valence-corrected chi connectivity index (χ2v) is 4.41. The first-order valence-corrected chi connectivity index (χ1v) is 6.17. The summed E-state index contributed by atoms with van der Waals surface area (Å²) in [5.41, 5.74) is 0.545. The number of ether oxygens (including phenoxy) is 2. The molecule has 1 aromatic rings. The van der Waals surface area contributed by atoms with Gasteiger partial charge in [-0.3, -0.25) is 4.79 Å². The molecule has 5 nitrogen and oxygen atoms in total. The normalized spacial score (nSPS) is 13.7. The number of Topliss-reactive ketones (excluding diaryl/α,β-unsaturated/α-hetero) is 1. The van der Waals surface area contributed by atoms with E-state index in [-0.39, 0.29) is 11.8 Å². The van der Waals surface area contributed by atoms with Gasteiger partial charge in [-0.15, -0.1) is 0 Å². The van der Waals surface area contributed by atoms with Crippen molar-refractivity contribution < 1.29 is 19.4 Å². The second-order valence-electron chi connectivity index (χ2n) is 4.41. The van der Waals surface area contributed by atoms with Gasteiger partial charge in [-0.05, 0) is 32.0 Å². The molecule has 19 heavy (non-hydrogen) atoms. The van der Waals surface area contributed by atoms with Crippen LogP contribution in [0.5, 0.6) is 11.5 Å². The molecule has 5 heteroatoms. The Morgan fingerprint density at radius 2 is 1.89 bits per heavy atom. The SMILES string of the molecule is COc1ccc(C(=O)C(C)NCC(C)O)cc1OC. The minimum atomic E-state index is -0.486. The van der Waals surface area contributed by atoms with Crippen LogP contribution in [-0.4, -0.2) is 43.8 Å². The van der Waals surface area contributed by atoms with E-state index in [0.29, 0.717) is 23.6 Å². The van der Waals surface area contributed by atoms with E-state index in [9.17, 15) is 9.90 Å². The Bertz CT molecular complexity index is 431. The van der Waals surface area contributed by atoms with Crippen LogP contribution in [0.4, 0.5) is 0 Å². The lowest BCUT2D eigenvalue weighted by molar-refractivity contribution is 0.0940. The van der Waals surface area contributed by atoms with E-state index in [0.717, 1.165) is 0 Å². The van der Waals surface area contributed by atoms with Gasteiger partial charge in [0, 0.05) is 12.1 Å². The molecule has 0 saturated carbocycles. The number of carbonyl (C=O) groups is 1. The van der Waals surface area contributed by atoms with Crippen molar-refractivity contribution in [3.8, 4) is 11.5 Å². The third kappa shape index (κ3) is 4.22. The molecule has 0 saturated heterocycles. The molecule has 0 aliphatic heterocycles. The summed E-state index contributed by atoms with van der Waals surface area (Å²) in [6.45, 7) is 3.81. The third-order valence-corrected chi connectivity index (χ3v) is 2.78. The standard InChI is InChI=1S/C14H21NO4/c1-9(16)8-15-10(2)14(17)11-5-6-12(18-3)13(7-11)19-4/h5-7,9-10,15-16H,8H2,1-4H3. The summed E-state index contributed by atoms with van der Waals surface area (Å²) in [6, 6.07) is 4.69. The van der Waals surface area contributed by atoms with Crippen molar-refractivity contribution in [2.24, 2.45) is 0 Å². The maximum Gasteiger partial charge on any atom is 0.179 e. The van der Waals surface area contributed by atoms with Crippen molar-refractivity contribution in [1.29, 1.82) is 0 Å². The molecule has 0 heterocycles. The molecule has 2 N–H and O–H groups in total. The fourth-order valence-electron chi connectivity index (χ4n) is 1.68. The van der Waals surface area contributed by atoms with Gasteiger partial charge < -0.3 is 19.9 Å². The molecule has 0 spiro atoms. The van der Waals surface area contributed by atoms with Crippen LogP contribution in [0, 0.1) is 0 Å². The molecule has 2 atom stereocenters. The van der Waals surface area contributed by atoms with Gasteiger partial charge in [0.2, 0.25) is 0 Å². The third-order valence-electron chi connectivity index (χ3n) is 2.78. The average molecular weight is 267 g/mol. The van der Waals surface area contributed by atoms with E-state index < -0.39 is 6.10 Å². The minimum Gasteiger partial charge on any atom is -0.493 e. The van der Waals surface area contributed by atoms with Crippen LogP contribution in [0.1, 0.15) is 24.2 Å². The number of rotatable bonds is 7. The summed E-state index contributed by atoms with van der Waals surface area (Å²) in [7, 11) is 3.08. The Balaban J connectivity index is 2.81. The van der Waals surface area contributed by atoms with E-state index in [2.05, 4.69) is 5.32 Å². The topological polar surface area (TPSA) is 67.8 Å². The fourth-order valence-corrected chi connectivity index (χ4v) is 1.68. The summed E-state index contributed by atoms with van der Waals surface area (Å²) in [5, 5.41) is 12.2. The highest BCUT2D eigenvalue weighted by Gasteiger charge is 2.17. The predicted octanol–water partition coefficient (Wildman–Crippen LogP) is 1.25. The maximum atomic E-state index is 12.2. The summed E-state index contributed by atoms with van der Waals surface area (Å²) >= 11 is 0. The average Bonchev–Trinajstić information content (AvgIpc) is 2.42. The van der Waals surface area contributed by atoms with Crippen molar-refractivity contribution in [3.05, 3.63) is 23.8 Å². The molecule has 1 rings (SSSR count). The number of hydrogen-bond acceptors (Lipinski definition) is 5. The smallest absolute Gasteiger partial charge is 0.179 e. The predicted molar refractivity (Wildman–Crippen MR) is 73.0 cm³/mol. The van der Waals surface area contributed by atoms with Crippen LogP contribution in [-0.2, 0) is 0 Å². The molecule has 0 bridgehead atoms. The molecule has 0 aliphatic rings.